The average molecular weight is 412 g/mol. The molecule has 0 atom stereocenters. The molecule has 2 aliphatic carbocycles. The van der Waals surface area contributed by atoms with Gasteiger partial charge in [0, 0.05) is 30.9 Å². The Morgan fingerprint density at radius 3 is 2.29 bits per heavy atom. The van der Waals surface area contributed by atoms with Crippen molar-refractivity contribution in [2.24, 2.45) is 0 Å². The summed E-state index contributed by atoms with van der Waals surface area (Å²) < 4.78 is 2.44. The summed E-state index contributed by atoms with van der Waals surface area (Å²) in [6, 6.07) is 15.9. The van der Waals surface area contributed by atoms with E-state index in [2.05, 4.69) is 105 Å². The van der Waals surface area contributed by atoms with Crippen LogP contribution in [0.3, 0.4) is 0 Å². The number of aryl methyl sites for hydroxylation is 1. The van der Waals surface area contributed by atoms with Crippen molar-refractivity contribution in [2.75, 3.05) is 31.1 Å². The van der Waals surface area contributed by atoms with E-state index in [1.54, 1.807) is 0 Å². The standard InChI is InChI=1S/C29H35N2/c1-6-30(7-2)24-14-16-27-22(19-24)18-23-20-25(31(8-3)9-4)15-17-28(23)29(27)26-13-11-10-12-21(26)5/h10-17,19-20H,6-9,18H2,1-5H3/q+1. The van der Waals surface area contributed by atoms with Crippen LogP contribution in [0.2, 0.25) is 0 Å². The maximum absolute atomic E-state index is 2.44. The highest BCUT2D eigenvalue weighted by molar-refractivity contribution is 6.06. The molecule has 0 fully saturated rings. The number of allylic oxidation sites excluding steroid dienone is 5. The first kappa shape index (κ1) is 21.4. The summed E-state index contributed by atoms with van der Waals surface area (Å²) in [5.41, 5.74) is 12.4. The smallest absolute Gasteiger partial charge is 0.200 e. The van der Waals surface area contributed by atoms with E-state index in [0.717, 1.165) is 32.6 Å². The van der Waals surface area contributed by atoms with Gasteiger partial charge in [-0.05, 0) is 98.2 Å². The second-order valence-electron chi connectivity index (χ2n) is 8.39. The minimum absolute atomic E-state index is 0.990. The second-order valence-corrected chi connectivity index (χ2v) is 8.39. The van der Waals surface area contributed by atoms with E-state index in [4.69, 9.17) is 0 Å². The molecule has 0 amide bonds. The maximum Gasteiger partial charge on any atom is 0.200 e. The summed E-state index contributed by atoms with van der Waals surface area (Å²) in [5, 5.41) is 0. The molecule has 0 radical (unpaired) electrons. The Morgan fingerprint density at radius 2 is 1.61 bits per heavy atom. The van der Waals surface area contributed by atoms with Crippen molar-refractivity contribution < 1.29 is 4.58 Å². The Labute approximate surface area is 187 Å². The first-order valence-electron chi connectivity index (χ1n) is 11.8. The van der Waals surface area contributed by atoms with Gasteiger partial charge in [0.1, 0.15) is 13.1 Å². The molecule has 0 aromatic heterocycles. The molecule has 0 heterocycles. The van der Waals surface area contributed by atoms with Crippen LogP contribution in [0.5, 0.6) is 0 Å². The zero-order valence-corrected chi connectivity index (χ0v) is 19.7. The van der Waals surface area contributed by atoms with Gasteiger partial charge >= 0.3 is 0 Å². The third-order valence-electron chi connectivity index (χ3n) is 6.77. The van der Waals surface area contributed by atoms with Crippen molar-refractivity contribution in [3.05, 3.63) is 94.1 Å². The molecule has 0 saturated carbocycles. The van der Waals surface area contributed by atoms with Crippen LogP contribution in [0.25, 0.3) is 5.57 Å². The molecule has 2 aromatic carbocycles. The highest BCUT2D eigenvalue weighted by Gasteiger charge is 2.27. The van der Waals surface area contributed by atoms with Crippen molar-refractivity contribution >= 4 is 17.0 Å². The van der Waals surface area contributed by atoms with Crippen LogP contribution in [-0.2, 0) is 6.42 Å². The highest BCUT2D eigenvalue weighted by Crippen LogP contribution is 2.42. The van der Waals surface area contributed by atoms with E-state index >= 15 is 0 Å². The van der Waals surface area contributed by atoms with Crippen molar-refractivity contribution in [1.29, 1.82) is 0 Å². The van der Waals surface area contributed by atoms with E-state index in [1.807, 2.05) is 0 Å². The Kier molecular flexibility index (Phi) is 6.27. The van der Waals surface area contributed by atoms with E-state index in [-0.39, 0.29) is 0 Å². The van der Waals surface area contributed by atoms with Gasteiger partial charge in [-0.15, -0.1) is 0 Å². The molecule has 0 aliphatic heterocycles. The minimum atomic E-state index is 0.990. The third kappa shape index (κ3) is 3.92. The van der Waals surface area contributed by atoms with Gasteiger partial charge in [-0.25, -0.2) is 4.58 Å². The largest absolute Gasteiger partial charge is 0.372 e. The van der Waals surface area contributed by atoms with Crippen LogP contribution >= 0.6 is 0 Å². The molecule has 31 heavy (non-hydrogen) atoms. The molecular weight excluding hydrogens is 376 g/mol. The fourth-order valence-electron chi connectivity index (χ4n) is 5.01. The highest BCUT2D eigenvalue weighted by atomic mass is 15.1. The van der Waals surface area contributed by atoms with E-state index in [0.29, 0.717) is 0 Å². The molecule has 2 aliphatic rings. The number of benzene rings is 2. The lowest BCUT2D eigenvalue weighted by atomic mass is 9.76. The quantitative estimate of drug-likeness (QED) is 0.514. The molecule has 2 heteroatoms. The Hall–Kier alpha value is -2.87. The van der Waals surface area contributed by atoms with Crippen molar-refractivity contribution in [1.82, 2.24) is 0 Å². The first-order valence-corrected chi connectivity index (χ1v) is 11.8. The van der Waals surface area contributed by atoms with Crippen LogP contribution in [0.4, 0.5) is 5.69 Å². The molecule has 2 aromatic rings. The van der Waals surface area contributed by atoms with Gasteiger partial charge < -0.3 is 4.90 Å². The van der Waals surface area contributed by atoms with E-state index in [9.17, 15) is 0 Å². The van der Waals surface area contributed by atoms with Crippen LogP contribution < -0.4 is 4.90 Å². The number of hydrogen-bond acceptors (Lipinski definition) is 1. The fraction of sp³-hybridized carbons (Fsp3) is 0.345. The van der Waals surface area contributed by atoms with Crippen LogP contribution in [0, 0.1) is 6.92 Å². The lowest BCUT2D eigenvalue weighted by Crippen LogP contribution is -2.23. The summed E-state index contributed by atoms with van der Waals surface area (Å²) in [5.74, 6) is 0. The van der Waals surface area contributed by atoms with Crippen LogP contribution in [0.15, 0.2) is 71.8 Å². The molecule has 160 valence electrons. The lowest BCUT2D eigenvalue weighted by molar-refractivity contribution is -0.519. The zero-order valence-electron chi connectivity index (χ0n) is 19.7. The normalized spacial score (nSPS) is 14.9. The second kappa shape index (κ2) is 9.09. The SMILES string of the molecule is CCN(CC)c1ccc2c(c1)CC1=CC(=[N+](CC)CC)C=CC1=C2c1ccccc1C. The van der Waals surface area contributed by atoms with Crippen molar-refractivity contribution in [2.45, 2.75) is 41.0 Å². The van der Waals surface area contributed by atoms with Gasteiger partial charge in [0.25, 0.3) is 0 Å². The molecule has 4 rings (SSSR count). The van der Waals surface area contributed by atoms with Gasteiger partial charge in [0.2, 0.25) is 0 Å². The monoisotopic (exact) mass is 411 g/mol. The van der Waals surface area contributed by atoms with Gasteiger partial charge in [-0.2, -0.15) is 0 Å². The van der Waals surface area contributed by atoms with Crippen molar-refractivity contribution in [3.8, 4) is 0 Å². The fourth-order valence-corrected chi connectivity index (χ4v) is 5.01. The predicted molar refractivity (Wildman–Crippen MR) is 134 cm³/mol. The van der Waals surface area contributed by atoms with Crippen LogP contribution in [-0.4, -0.2) is 36.5 Å². The first-order chi connectivity index (χ1) is 15.1. The number of anilines is 1. The van der Waals surface area contributed by atoms with E-state index in [1.165, 1.54) is 50.4 Å². The Morgan fingerprint density at radius 1 is 0.871 bits per heavy atom. The van der Waals surface area contributed by atoms with Gasteiger partial charge in [0.15, 0.2) is 5.71 Å². The summed E-state index contributed by atoms with van der Waals surface area (Å²) in [6.07, 6.45) is 8.07. The summed E-state index contributed by atoms with van der Waals surface area (Å²) >= 11 is 0. The average Bonchev–Trinajstić information content (AvgIpc) is 2.79. The minimum Gasteiger partial charge on any atom is -0.372 e. The third-order valence-corrected chi connectivity index (χ3v) is 6.77. The topological polar surface area (TPSA) is 6.25 Å². The Bertz CT molecular complexity index is 1100. The number of nitrogens with zero attached hydrogens (tertiary/aromatic N) is 2. The maximum atomic E-state index is 2.44. The number of fused-ring (bicyclic) bond motifs is 2. The molecule has 0 unspecified atom stereocenters. The molecule has 0 saturated heterocycles. The zero-order chi connectivity index (χ0) is 22.0. The summed E-state index contributed by atoms with van der Waals surface area (Å²) in [7, 11) is 0. The molecule has 2 nitrogen and oxygen atoms in total. The summed E-state index contributed by atoms with van der Waals surface area (Å²) in [4.78, 5) is 2.44. The molecule has 0 N–H and O–H groups in total. The van der Waals surface area contributed by atoms with Gasteiger partial charge in [-0.3, -0.25) is 0 Å². The molecular formula is C29H35N2+. The lowest BCUT2D eigenvalue weighted by Gasteiger charge is -2.29. The van der Waals surface area contributed by atoms with Gasteiger partial charge in [0.05, 0.1) is 0 Å². The van der Waals surface area contributed by atoms with Crippen molar-refractivity contribution in [3.63, 3.8) is 0 Å². The van der Waals surface area contributed by atoms with Crippen LogP contribution in [0.1, 0.15) is 49.9 Å². The summed E-state index contributed by atoms with van der Waals surface area (Å²) in [6.45, 7) is 15.3. The number of rotatable bonds is 6. The molecule has 0 bridgehead atoms. The van der Waals surface area contributed by atoms with E-state index < -0.39 is 0 Å². The Balaban J connectivity index is 1.95. The molecule has 0 spiro atoms. The number of hydrogen-bond donors (Lipinski definition) is 0. The predicted octanol–water partition coefficient (Wildman–Crippen LogP) is 6.19. The van der Waals surface area contributed by atoms with Gasteiger partial charge in [-0.1, -0.05) is 30.3 Å².